The summed E-state index contributed by atoms with van der Waals surface area (Å²) in [6.45, 7) is 0.181. The first-order valence-corrected chi connectivity index (χ1v) is 8.26. The molecule has 0 radical (unpaired) electrons. The van der Waals surface area contributed by atoms with Crippen molar-refractivity contribution >= 4 is 27.1 Å². The second-order valence-corrected chi connectivity index (χ2v) is 7.32. The van der Waals surface area contributed by atoms with Crippen LogP contribution in [0.25, 0.3) is 0 Å². The minimum Gasteiger partial charge on any atom is -0.494 e. The van der Waals surface area contributed by atoms with Crippen LogP contribution in [-0.4, -0.2) is 45.5 Å². The highest BCUT2D eigenvalue weighted by molar-refractivity contribution is 7.91. The van der Waals surface area contributed by atoms with E-state index in [0.717, 1.165) is 5.69 Å². The standard InChI is InChI=1S/C13H16N2O4S/c1-19-11-4-2-3-10-13(11)14-12(16)7-15(10)9-5-6-20(17,18)8-9/h2-4,9H,5-8H2,1H3,(H,14,16). The average molecular weight is 296 g/mol. The van der Waals surface area contributed by atoms with Gasteiger partial charge in [-0.15, -0.1) is 0 Å². The van der Waals surface area contributed by atoms with E-state index in [0.29, 0.717) is 17.9 Å². The molecule has 1 aromatic rings. The number of nitrogens with one attached hydrogen (secondary N) is 1. The Morgan fingerprint density at radius 2 is 2.20 bits per heavy atom. The van der Waals surface area contributed by atoms with E-state index >= 15 is 0 Å². The molecule has 7 heteroatoms. The van der Waals surface area contributed by atoms with Crippen LogP contribution >= 0.6 is 0 Å². The third-order valence-electron chi connectivity index (χ3n) is 3.76. The molecular formula is C13H16N2O4S. The fraction of sp³-hybridized carbons (Fsp3) is 0.462. The van der Waals surface area contributed by atoms with Gasteiger partial charge in [-0.1, -0.05) is 6.07 Å². The molecule has 6 nitrogen and oxygen atoms in total. The minimum absolute atomic E-state index is 0.108. The Kier molecular flexibility index (Phi) is 3.08. The molecule has 1 aromatic carbocycles. The number of rotatable bonds is 2. The summed E-state index contributed by atoms with van der Waals surface area (Å²) in [4.78, 5) is 13.7. The molecule has 2 aliphatic rings. The van der Waals surface area contributed by atoms with Crippen molar-refractivity contribution in [2.45, 2.75) is 12.5 Å². The predicted molar refractivity (Wildman–Crippen MR) is 76.0 cm³/mol. The zero-order chi connectivity index (χ0) is 14.3. The maximum atomic E-state index is 11.9. The highest BCUT2D eigenvalue weighted by Crippen LogP contribution is 2.39. The molecule has 0 aromatic heterocycles. The number of ether oxygens (including phenoxy) is 1. The summed E-state index contributed by atoms with van der Waals surface area (Å²) in [7, 11) is -1.44. The van der Waals surface area contributed by atoms with Gasteiger partial charge in [-0.3, -0.25) is 4.79 Å². The topological polar surface area (TPSA) is 75.7 Å². The Balaban J connectivity index is 2.01. The lowest BCUT2D eigenvalue weighted by Gasteiger charge is -2.35. The zero-order valence-electron chi connectivity index (χ0n) is 11.1. The summed E-state index contributed by atoms with van der Waals surface area (Å²) in [6.07, 6.45) is 0.562. The largest absolute Gasteiger partial charge is 0.494 e. The van der Waals surface area contributed by atoms with E-state index in [1.54, 1.807) is 13.2 Å². The van der Waals surface area contributed by atoms with Gasteiger partial charge in [0.1, 0.15) is 11.4 Å². The summed E-state index contributed by atoms with van der Waals surface area (Å²) in [5.41, 5.74) is 1.45. The van der Waals surface area contributed by atoms with Crippen LogP contribution in [0.1, 0.15) is 6.42 Å². The van der Waals surface area contributed by atoms with Gasteiger partial charge >= 0.3 is 0 Å². The number of amides is 1. The molecule has 0 bridgehead atoms. The number of para-hydroxylation sites is 1. The van der Waals surface area contributed by atoms with Crippen LogP contribution in [-0.2, 0) is 14.6 Å². The van der Waals surface area contributed by atoms with Gasteiger partial charge in [0.15, 0.2) is 9.84 Å². The number of anilines is 2. The first-order valence-electron chi connectivity index (χ1n) is 6.44. The van der Waals surface area contributed by atoms with Crippen molar-refractivity contribution in [1.29, 1.82) is 0 Å². The number of fused-ring (bicyclic) bond motifs is 1. The van der Waals surface area contributed by atoms with Crippen LogP contribution in [0.4, 0.5) is 11.4 Å². The minimum atomic E-state index is -2.99. The van der Waals surface area contributed by atoms with Crippen molar-refractivity contribution in [1.82, 2.24) is 0 Å². The molecule has 2 heterocycles. The highest BCUT2D eigenvalue weighted by atomic mass is 32.2. The van der Waals surface area contributed by atoms with Gasteiger partial charge in [0.2, 0.25) is 5.91 Å². The monoisotopic (exact) mass is 296 g/mol. The second kappa shape index (κ2) is 4.66. The SMILES string of the molecule is COc1cccc2c1NC(=O)CN2C1CCS(=O)(=O)C1. The van der Waals surface area contributed by atoms with Crippen molar-refractivity contribution in [2.75, 3.05) is 35.4 Å². The fourth-order valence-corrected chi connectivity index (χ4v) is 4.55. The predicted octanol–water partition coefficient (Wildman–Crippen LogP) is 0.641. The maximum absolute atomic E-state index is 11.9. The summed E-state index contributed by atoms with van der Waals surface area (Å²) in [5, 5.41) is 2.80. The van der Waals surface area contributed by atoms with Crippen molar-refractivity contribution in [3.05, 3.63) is 18.2 Å². The van der Waals surface area contributed by atoms with Crippen LogP contribution < -0.4 is 15.0 Å². The van der Waals surface area contributed by atoms with Crippen molar-refractivity contribution in [3.8, 4) is 5.75 Å². The van der Waals surface area contributed by atoms with Gasteiger partial charge in [-0.05, 0) is 18.6 Å². The quantitative estimate of drug-likeness (QED) is 0.867. The number of nitrogens with zero attached hydrogens (tertiary/aromatic N) is 1. The molecule has 1 unspecified atom stereocenters. The van der Waals surface area contributed by atoms with Gasteiger partial charge in [0.05, 0.1) is 30.8 Å². The summed E-state index contributed by atoms with van der Waals surface area (Å²) >= 11 is 0. The molecule has 108 valence electrons. The lowest BCUT2D eigenvalue weighted by Crippen LogP contribution is -2.45. The lowest BCUT2D eigenvalue weighted by atomic mass is 10.1. The summed E-state index contributed by atoms with van der Waals surface area (Å²) < 4.78 is 28.5. The molecule has 1 fully saturated rings. The van der Waals surface area contributed by atoms with E-state index < -0.39 is 9.84 Å². The van der Waals surface area contributed by atoms with E-state index in [1.165, 1.54) is 0 Å². The number of hydrogen-bond donors (Lipinski definition) is 1. The molecule has 2 aliphatic heterocycles. The van der Waals surface area contributed by atoms with E-state index in [4.69, 9.17) is 4.74 Å². The molecule has 1 amide bonds. The highest BCUT2D eigenvalue weighted by Gasteiger charge is 2.36. The normalized spacial score (nSPS) is 24.1. The maximum Gasteiger partial charge on any atom is 0.244 e. The van der Waals surface area contributed by atoms with Crippen LogP contribution in [0.2, 0.25) is 0 Å². The third kappa shape index (κ3) is 2.22. The van der Waals surface area contributed by atoms with Gasteiger partial charge in [-0.25, -0.2) is 8.42 Å². The summed E-state index contributed by atoms with van der Waals surface area (Å²) in [5.74, 6) is 0.735. The Morgan fingerprint density at radius 3 is 2.85 bits per heavy atom. The molecular weight excluding hydrogens is 280 g/mol. The van der Waals surface area contributed by atoms with Crippen LogP contribution in [0.15, 0.2) is 18.2 Å². The van der Waals surface area contributed by atoms with Gasteiger partial charge in [0.25, 0.3) is 0 Å². The van der Waals surface area contributed by atoms with E-state index in [-0.39, 0.29) is 30.0 Å². The Morgan fingerprint density at radius 1 is 1.40 bits per heavy atom. The van der Waals surface area contributed by atoms with E-state index in [2.05, 4.69) is 5.32 Å². The Hall–Kier alpha value is -1.76. The number of carbonyl (C=O) groups excluding carboxylic acids is 1. The molecule has 1 saturated heterocycles. The fourth-order valence-electron chi connectivity index (χ4n) is 2.82. The third-order valence-corrected chi connectivity index (χ3v) is 5.51. The molecule has 3 rings (SSSR count). The first kappa shape index (κ1) is 13.2. The lowest BCUT2D eigenvalue weighted by molar-refractivity contribution is -0.115. The summed E-state index contributed by atoms with van der Waals surface area (Å²) in [6, 6.07) is 5.35. The molecule has 0 aliphatic carbocycles. The molecule has 0 saturated carbocycles. The number of carbonyl (C=O) groups is 1. The number of methoxy groups -OCH3 is 1. The van der Waals surface area contributed by atoms with Crippen molar-refractivity contribution in [2.24, 2.45) is 0 Å². The smallest absolute Gasteiger partial charge is 0.244 e. The Bertz CT molecular complexity index is 656. The second-order valence-electron chi connectivity index (χ2n) is 5.09. The Labute approximate surface area is 117 Å². The van der Waals surface area contributed by atoms with Crippen molar-refractivity contribution < 1.29 is 17.9 Å². The van der Waals surface area contributed by atoms with Crippen LogP contribution in [0.5, 0.6) is 5.75 Å². The molecule has 20 heavy (non-hydrogen) atoms. The van der Waals surface area contributed by atoms with Gasteiger partial charge in [0, 0.05) is 6.04 Å². The van der Waals surface area contributed by atoms with E-state index in [1.807, 2.05) is 17.0 Å². The average Bonchev–Trinajstić information content (AvgIpc) is 2.77. The number of sulfone groups is 1. The van der Waals surface area contributed by atoms with Gasteiger partial charge < -0.3 is 15.0 Å². The van der Waals surface area contributed by atoms with Crippen molar-refractivity contribution in [3.63, 3.8) is 0 Å². The van der Waals surface area contributed by atoms with Crippen LogP contribution in [0.3, 0.4) is 0 Å². The van der Waals surface area contributed by atoms with Gasteiger partial charge in [-0.2, -0.15) is 0 Å². The molecule has 1 N–H and O–H groups in total. The molecule has 0 spiro atoms. The van der Waals surface area contributed by atoms with E-state index in [9.17, 15) is 13.2 Å². The van der Waals surface area contributed by atoms with Crippen LogP contribution in [0, 0.1) is 0 Å². The first-order chi connectivity index (χ1) is 9.50. The number of hydrogen-bond acceptors (Lipinski definition) is 5. The number of benzene rings is 1. The molecule has 1 atom stereocenters. The zero-order valence-corrected chi connectivity index (χ0v) is 11.9.